The van der Waals surface area contributed by atoms with Crippen molar-refractivity contribution in [2.24, 2.45) is 0 Å². The van der Waals surface area contributed by atoms with Crippen LogP contribution < -0.4 is 4.72 Å². The fourth-order valence-corrected chi connectivity index (χ4v) is 3.22. The largest absolute Gasteiger partial charge is 0.295 e. The van der Waals surface area contributed by atoms with Gasteiger partial charge in [0.1, 0.15) is 0 Å². The quantitative estimate of drug-likeness (QED) is 0.833. The standard InChI is InChI=1S/C17H19NO3S/c1-13(15-6-4-3-5-7-15)12-18-22(20,21)17-10-8-16(9-11-17)14(2)19/h3-11,13,18H,12H2,1-2H3. The molecule has 0 bridgehead atoms. The van der Waals surface area contributed by atoms with Crippen molar-refractivity contribution in [2.75, 3.05) is 6.54 Å². The Kier molecular flexibility index (Phi) is 5.11. The van der Waals surface area contributed by atoms with Crippen molar-refractivity contribution in [1.29, 1.82) is 0 Å². The zero-order valence-electron chi connectivity index (χ0n) is 12.6. The molecule has 5 heteroatoms. The van der Waals surface area contributed by atoms with Gasteiger partial charge in [-0.05, 0) is 30.5 Å². The van der Waals surface area contributed by atoms with E-state index in [0.717, 1.165) is 5.56 Å². The van der Waals surface area contributed by atoms with Crippen LogP contribution in [0.4, 0.5) is 0 Å². The number of Topliss-reactive ketones (excluding diaryl/α,β-unsaturated/α-hetero) is 1. The number of benzene rings is 2. The van der Waals surface area contributed by atoms with E-state index in [0.29, 0.717) is 12.1 Å². The van der Waals surface area contributed by atoms with Crippen LogP contribution in [0.25, 0.3) is 0 Å². The Labute approximate surface area is 131 Å². The summed E-state index contributed by atoms with van der Waals surface area (Å²) in [5.74, 6) is -0.0120. The molecule has 1 atom stereocenters. The van der Waals surface area contributed by atoms with Crippen LogP contribution in [0.2, 0.25) is 0 Å². The first kappa shape index (κ1) is 16.4. The maximum Gasteiger partial charge on any atom is 0.240 e. The van der Waals surface area contributed by atoms with Gasteiger partial charge in [-0.1, -0.05) is 49.4 Å². The first-order valence-corrected chi connectivity index (χ1v) is 8.54. The highest BCUT2D eigenvalue weighted by Gasteiger charge is 2.16. The van der Waals surface area contributed by atoms with E-state index >= 15 is 0 Å². The molecule has 0 radical (unpaired) electrons. The van der Waals surface area contributed by atoms with E-state index < -0.39 is 10.0 Å². The summed E-state index contributed by atoms with van der Waals surface area (Å²) in [6.45, 7) is 3.74. The third-order valence-electron chi connectivity index (χ3n) is 3.52. The summed E-state index contributed by atoms with van der Waals surface area (Å²) in [6, 6.07) is 15.7. The molecule has 0 amide bonds. The Morgan fingerprint density at radius 3 is 2.18 bits per heavy atom. The Hall–Kier alpha value is -1.98. The molecular weight excluding hydrogens is 298 g/mol. The van der Waals surface area contributed by atoms with E-state index in [4.69, 9.17) is 0 Å². The average molecular weight is 317 g/mol. The summed E-state index contributed by atoms with van der Waals surface area (Å²) in [7, 11) is -3.57. The number of carbonyl (C=O) groups is 1. The smallest absolute Gasteiger partial charge is 0.240 e. The monoisotopic (exact) mass is 317 g/mol. The molecule has 0 aliphatic carbocycles. The Bertz CT molecular complexity index is 737. The molecule has 2 rings (SSSR count). The van der Waals surface area contributed by atoms with Crippen LogP contribution in [-0.4, -0.2) is 20.7 Å². The average Bonchev–Trinajstić information content (AvgIpc) is 2.53. The van der Waals surface area contributed by atoms with Crippen molar-refractivity contribution in [3.05, 3.63) is 65.7 Å². The molecule has 0 heterocycles. The zero-order valence-corrected chi connectivity index (χ0v) is 13.4. The lowest BCUT2D eigenvalue weighted by Crippen LogP contribution is -2.27. The van der Waals surface area contributed by atoms with Crippen molar-refractivity contribution >= 4 is 15.8 Å². The highest BCUT2D eigenvalue weighted by molar-refractivity contribution is 7.89. The zero-order chi connectivity index (χ0) is 16.2. The minimum atomic E-state index is -3.57. The van der Waals surface area contributed by atoms with E-state index in [1.54, 1.807) is 0 Å². The SMILES string of the molecule is CC(=O)c1ccc(S(=O)(=O)NCC(C)c2ccccc2)cc1. The number of rotatable bonds is 6. The van der Waals surface area contributed by atoms with Gasteiger partial charge in [0, 0.05) is 12.1 Å². The Morgan fingerprint density at radius 2 is 1.64 bits per heavy atom. The minimum Gasteiger partial charge on any atom is -0.295 e. The number of ketones is 1. The normalized spacial score (nSPS) is 12.8. The topological polar surface area (TPSA) is 63.2 Å². The van der Waals surface area contributed by atoms with Crippen LogP contribution >= 0.6 is 0 Å². The second-order valence-corrected chi connectivity index (χ2v) is 7.01. The Morgan fingerprint density at radius 1 is 1.05 bits per heavy atom. The number of carbonyl (C=O) groups excluding carboxylic acids is 1. The van der Waals surface area contributed by atoms with Gasteiger partial charge in [-0.15, -0.1) is 0 Å². The van der Waals surface area contributed by atoms with Crippen molar-refractivity contribution < 1.29 is 13.2 Å². The van der Waals surface area contributed by atoms with Crippen molar-refractivity contribution in [3.63, 3.8) is 0 Å². The lowest BCUT2D eigenvalue weighted by Gasteiger charge is -2.13. The van der Waals surface area contributed by atoms with Gasteiger partial charge in [0.05, 0.1) is 4.90 Å². The fraction of sp³-hybridized carbons (Fsp3) is 0.235. The third-order valence-corrected chi connectivity index (χ3v) is 4.96. The molecule has 0 saturated carbocycles. The predicted octanol–water partition coefficient (Wildman–Crippen LogP) is 2.97. The van der Waals surface area contributed by atoms with Gasteiger partial charge in [0.15, 0.2) is 5.78 Å². The Balaban J connectivity index is 2.06. The van der Waals surface area contributed by atoms with Gasteiger partial charge < -0.3 is 0 Å². The molecule has 0 aromatic heterocycles. The van der Waals surface area contributed by atoms with Crippen molar-refractivity contribution in [2.45, 2.75) is 24.7 Å². The molecule has 4 nitrogen and oxygen atoms in total. The highest BCUT2D eigenvalue weighted by Crippen LogP contribution is 2.15. The third kappa shape index (κ3) is 4.02. The summed E-state index contributed by atoms with van der Waals surface area (Å²) < 4.78 is 27.1. The molecule has 0 saturated heterocycles. The maximum atomic E-state index is 12.3. The van der Waals surface area contributed by atoms with Gasteiger partial charge in [0.2, 0.25) is 10.0 Å². The minimum absolute atomic E-state index is 0.0764. The molecule has 0 spiro atoms. The molecule has 0 aliphatic heterocycles. The second-order valence-electron chi connectivity index (χ2n) is 5.24. The van der Waals surface area contributed by atoms with E-state index in [2.05, 4.69) is 4.72 Å². The first-order chi connectivity index (χ1) is 10.4. The molecule has 2 aromatic carbocycles. The van der Waals surface area contributed by atoms with E-state index in [9.17, 15) is 13.2 Å². The molecular formula is C17H19NO3S. The van der Waals surface area contributed by atoms with Crippen LogP contribution in [0.15, 0.2) is 59.5 Å². The molecule has 116 valence electrons. The summed E-state index contributed by atoms with van der Waals surface area (Å²) in [4.78, 5) is 11.4. The summed E-state index contributed by atoms with van der Waals surface area (Å²) >= 11 is 0. The molecule has 2 aromatic rings. The van der Waals surface area contributed by atoms with E-state index in [-0.39, 0.29) is 16.6 Å². The summed E-state index contributed by atoms with van der Waals surface area (Å²) in [6.07, 6.45) is 0. The molecule has 0 aliphatic rings. The van der Waals surface area contributed by atoms with Gasteiger partial charge in [-0.25, -0.2) is 13.1 Å². The van der Waals surface area contributed by atoms with Crippen LogP contribution in [0.3, 0.4) is 0 Å². The van der Waals surface area contributed by atoms with E-state index in [1.165, 1.54) is 31.2 Å². The number of nitrogens with one attached hydrogen (secondary N) is 1. The molecule has 1 unspecified atom stereocenters. The van der Waals surface area contributed by atoms with Crippen LogP contribution in [0, 0.1) is 0 Å². The van der Waals surface area contributed by atoms with Gasteiger partial charge >= 0.3 is 0 Å². The summed E-state index contributed by atoms with van der Waals surface area (Å²) in [5.41, 5.74) is 1.58. The van der Waals surface area contributed by atoms with Gasteiger partial charge in [-0.3, -0.25) is 4.79 Å². The maximum absolute atomic E-state index is 12.3. The predicted molar refractivity (Wildman–Crippen MR) is 86.5 cm³/mol. The first-order valence-electron chi connectivity index (χ1n) is 7.06. The second kappa shape index (κ2) is 6.85. The fourth-order valence-electron chi connectivity index (χ4n) is 2.09. The van der Waals surface area contributed by atoms with Crippen molar-refractivity contribution in [1.82, 2.24) is 4.72 Å². The number of sulfonamides is 1. The van der Waals surface area contributed by atoms with Crippen molar-refractivity contribution in [3.8, 4) is 0 Å². The lowest BCUT2D eigenvalue weighted by atomic mass is 10.0. The number of hydrogen-bond acceptors (Lipinski definition) is 3. The summed E-state index contributed by atoms with van der Waals surface area (Å²) in [5, 5.41) is 0. The molecule has 22 heavy (non-hydrogen) atoms. The lowest BCUT2D eigenvalue weighted by molar-refractivity contribution is 0.101. The van der Waals surface area contributed by atoms with Gasteiger partial charge in [0.25, 0.3) is 0 Å². The molecule has 1 N–H and O–H groups in total. The molecule has 0 fully saturated rings. The van der Waals surface area contributed by atoms with Crippen LogP contribution in [0.1, 0.15) is 35.7 Å². The van der Waals surface area contributed by atoms with E-state index in [1.807, 2.05) is 37.3 Å². The van der Waals surface area contributed by atoms with Crippen LogP contribution in [-0.2, 0) is 10.0 Å². The van der Waals surface area contributed by atoms with Gasteiger partial charge in [-0.2, -0.15) is 0 Å². The number of hydrogen-bond donors (Lipinski definition) is 1. The highest BCUT2D eigenvalue weighted by atomic mass is 32.2. The van der Waals surface area contributed by atoms with Crippen LogP contribution in [0.5, 0.6) is 0 Å².